The molecule has 3 heteroatoms. The molecule has 1 nitrogen and oxygen atoms in total. The van der Waals surface area contributed by atoms with E-state index in [9.17, 15) is 4.39 Å². The van der Waals surface area contributed by atoms with E-state index in [1.54, 1.807) is 17.8 Å². The first-order chi connectivity index (χ1) is 6.52. The molecule has 1 atom stereocenters. The Bertz CT molecular complexity index is 312. The van der Waals surface area contributed by atoms with E-state index in [-0.39, 0.29) is 11.5 Å². The lowest BCUT2D eigenvalue weighted by atomic mass is 10.2. The number of nitrogens with two attached hydrogens (primary N) is 1. The van der Waals surface area contributed by atoms with Crippen molar-refractivity contribution in [1.82, 2.24) is 0 Å². The van der Waals surface area contributed by atoms with E-state index in [2.05, 4.69) is 20.8 Å². The summed E-state index contributed by atoms with van der Waals surface area (Å²) in [5.41, 5.74) is 5.90. The molecule has 1 aromatic rings. The fourth-order valence-electron chi connectivity index (χ4n) is 0.956. The molecular weight excluding hydrogens is 197 g/mol. The van der Waals surface area contributed by atoms with Gasteiger partial charge in [-0.15, -0.1) is 11.8 Å². The molecule has 1 rings (SSSR count). The highest BCUT2D eigenvalue weighted by atomic mass is 32.2. The molecule has 0 spiro atoms. The van der Waals surface area contributed by atoms with Crippen molar-refractivity contribution >= 4 is 17.4 Å². The lowest BCUT2D eigenvalue weighted by Gasteiger charge is -2.16. The highest BCUT2D eigenvalue weighted by molar-refractivity contribution is 8.00. The summed E-state index contributed by atoms with van der Waals surface area (Å²) in [7, 11) is 0. The summed E-state index contributed by atoms with van der Waals surface area (Å²) in [5.74, 6) is 0.230. The fraction of sp³-hybridized carbons (Fsp3) is 0.455. The Morgan fingerprint density at radius 2 is 1.93 bits per heavy atom. The van der Waals surface area contributed by atoms with Crippen molar-refractivity contribution in [2.75, 3.05) is 5.73 Å². The van der Waals surface area contributed by atoms with E-state index < -0.39 is 0 Å². The van der Waals surface area contributed by atoms with Gasteiger partial charge in [-0.1, -0.05) is 26.8 Å². The van der Waals surface area contributed by atoms with Gasteiger partial charge in [0.15, 0.2) is 0 Å². The van der Waals surface area contributed by atoms with Crippen molar-refractivity contribution in [3.05, 3.63) is 24.0 Å². The van der Waals surface area contributed by atoms with Crippen molar-refractivity contribution in [3.8, 4) is 0 Å². The molecule has 78 valence electrons. The third-order valence-corrected chi connectivity index (χ3v) is 3.79. The largest absolute Gasteiger partial charge is 0.395 e. The van der Waals surface area contributed by atoms with Gasteiger partial charge in [0.1, 0.15) is 5.82 Å². The van der Waals surface area contributed by atoms with Crippen LogP contribution in [0.2, 0.25) is 0 Å². The molecule has 0 aliphatic rings. The van der Waals surface area contributed by atoms with Crippen molar-refractivity contribution in [2.24, 2.45) is 5.92 Å². The molecule has 0 bridgehead atoms. The Hall–Kier alpha value is -0.700. The number of anilines is 1. The molecule has 0 aliphatic heterocycles. The number of benzene rings is 1. The number of para-hydroxylation sites is 1. The van der Waals surface area contributed by atoms with Gasteiger partial charge >= 0.3 is 0 Å². The third kappa shape index (κ3) is 2.64. The SMILES string of the molecule is CC(C)C(C)Sc1cccc(F)c1N. The summed E-state index contributed by atoms with van der Waals surface area (Å²) in [4.78, 5) is 0.839. The van der Waals surface area contributed by atoms with Gasteiger partial charge in [-0.3, -0.25) is 0 Å². The van der Waals surface area contributed by atoms with Crippen LogP contribution in [0.15, 0.2) is 23.1 Å². The van der Waals surface area contributed by atoms with Crippen molar-refractivity contribution in [2.45, 2.75) is 30.9 Å². The quantitative estimate of drug-likeness (QED) is 0.614. The van der Waals surface area contributed by atoms with E-state index in [4.69, 9.17) is 5.73 Å². The second kappa shape index (κ2) is 4.69. The topological polar surface area (TPSA) is 26.0 Å². The second-order valence-electron chi connectivity index (χ2n) is 3.72. The fourth-order valence-corrected chi connectivity index (χ4v) is 2.01. The smallest absolute Gasteiger partial charge is 0.147 e. The summed E-state index contributed by atoms with van der Waals surface area (Å²) >= 11 is 1.63. The number of nitrogen functional groups attached to an aromatic ring is 1. The average molecular weight is 213 g/mol. The molecule has 0 heterocycles. The van der Waals surface area contributed by atoms with Gasteiger partial charge in [-0.05, 0) is 18.1 Å². The minimum Gasteiger partial charge on any atom is -0.395 e. The summed E-state index contributed by atoms with van der Waals surface area (Å²) in [6.45, 7) is 6.42. The zero-order chi connectivity index (χ0) is 10.7. The molecule has 2 N–H and O–H groups in total. The summed E-state index contributed by atoms with van der Waals surface area (Å²) < 4.78 is 13.1. The van der Waals surface area contributed by atoms with E-state index >= 15 is 0 Å². The van der Waals surface area contributed by atoms with Crippen LogP contribution in [0.5, 0.6) is 0 Å². The number of hydrogen-bond donors (Lipinski definition) is 1. The zero-order valence-corrected chi connectivity index (χ0v) is 9.57. The van der Waals surface area contributed by atoms with Gasteiger partial charge in [0.2, 0.25) is 0 Å². The average Bonchev–Trinajstić information content (AvgIpc) is 2.12. The Labute approximate surface area is 88.9 Å². The second-order valence-corrected chi connectivity index (χ2v) is 5.14. The molecule has 1 unspecified atom stereocenters. The molecule has 0 saturated carbocycles. The Morgan fingerprint density at radius 1 is 1.29 bits per heavy atom. The van der Waals surface area contributed by atoms with Crippen molar-refractivity contribution in [3.63, 3.8) is 0 Å². The molecule has 14 heavy (non-hydrogen) atoms. The van der Waals surface area contributed by atoms with Crippen LogP contribution in [-0.4, -0.2) is 5.25 Å². The van der Waals surface area contributed by atoms with Crippen molar-refractivity contribution in [1.29, 1.82) is 0 Å². The van der Waals surface area contributed by atoms with Crippen LogP contribution in [0, 0.1) is 11.7 Å². The first-order valence-corrected chi connectivity index (χ1v) is 5.61. The van der Waals surface area contributed by atoms with E-state index in [1.807, 2.05) is 6.07 Å². The van der Waals surface area contributed by atoms with Gasteiger partial charge in [0, 0.05) is 10.1 Å². The first-order valence-electron chi connectivity index (χ1n) is 4.73. The van der Waals surface area contributed by atoms with Crippen LogP contribution < -0.4 is 5.73 Å². The van der Waals surface area contributed by atoms with E-state index in [0.717, 1.165) is 4.90 Å². The molecule has 0 radical (unpaired) electrons. The summed E-state index contributed by atoms with van der Waals surface area (Å²) in [6, 6.07) is 4.95. The minimum atomic E-state index is -0.328. The maximum Gasteiger partial charge on any atom is 0.147 e. The minimum absolute atomic E-state index is 0.269. The Balaban J connectivity index is 2.82. The van der Waals surface area contributed by atoms with E-state index in [1.165, 1.54) is 6.07 Å². The predicted octanol–water partition coefficient (Wildman–Crippen LogP) is 3.54. The standard InChI is InChI=1S/C11H16FNS/c1-7(2)8(3)14-10-6-4-5-9(12)11(10)13/h4-8H,13H2,1-3H3. The first kappa shape index (κ1) is 11.4. The van der Waals surface area contributed by atoms with Gasteiger partial charge in [-0.25, -0.2) is 4.39 Å². The van der Waals surface area contributed by atoms with Crippen LogP contribution in [0.4, 0.5) is 10.1 Å². The number of thioether (sulfide) groups is 1. The van der Waals surface area contributed by atoms with Gasteiger partial charge < -0.3 is 5.73 Å². The Morgan fingerprint density at radius 3 is 2.50 bits per heavy atom. The monoisotopic (exact) mass is 213 g/mol. The molecule has 0 fully saturated rings. The summed E-state index contributed by atoms with van der Waals surface area (Å²) in [5, 5.41) is 0.444. The number of rotatable bonds is 3. The van der Waals surface area contributed by atoms with Gasteiger partial charge in [0.25, 0.3) is 0 Å². The highest BCUT2D eigenvalue weighted by Gasteiger charge is 2.12. The van der Waals surface area contributed by atoms with Gasteiger partial charge in [0.05, 0.1) is 5.69 Å². The van der Waals surface area contributed by atoms with E-state index in [0.29, 0.717) is 11.2 Å². The summed E-state index contributed by atoms with van der Waals surface area (Å²) in [6.07, 6.45) is 0. The molecular formula is C11H16FNS. The maximum atomic E-state index is 13.1. The van der Waals surface area contributed by atoms with Crippen LogP contribution in [0.25, 0.3) is 0 Å². The van der Waals surface area contributed by atoms with Crippen LogP contribution in [0.3, 0.4) is 0 Å². The van der Waals surface area contributed by atoms with Crippen LogP contribution in [-0.2, 0) is 0 Å². The van der Waals surface area contributed by atoms with Crippen LogP contribution in [0.1, 0.15) is 20.8 Å². The number of hydrogen-bond acceptors (Lipinski definition) is 2. The van der Waals surface area contributed by atoms with Crippen molar-refractivity contribution < 1.29 is 4.39 Å². The maximum absolute atomic E-state index is 13.1. The molecule has 0 aromatic heterocycles. The predicted molar refractivity (Wildman–Crippen MR) is 61.0 cm³/mol. The Kier molecular flexibility index (Phi) is 3.81. The van der Waals surface area contributed by atoms with Crippen LogP contribution >= 0.6 is 11.8 Å². The molecule has 1 aromatic carbocycles. The zero-order valence-electron chi connectivity index (χ0n) is 8.75. The normalized spacial score (nSPS) is 13.2. The lowest BCUT2D eigenvalue weighted by molar-refractivity contribution is 0.628. The lowest BCUT2D eigenvalue weighted by Crippen LogP contribution is -2.06. The van der Waals surface area contributed by atoms with Gasteiger partial charge in [-0.2, -0.15) is 0 Å². The highest BCUT2D eigenvalue weighted by Crippen LogP contribution is 2.32. The number of halogens is 1. The molecule has 0 saturated heterocycles. The molecule has 0 amide bonds. The third-order valence-electron chi connectivity index (χ3n) is 2.26. The molecule has 0 aliphatic carbocycles.